The summed E-state index contributed by atoms with van der Waals surface area (Å²) in [6, 6.07) is 0. The van der Waals surface area contributed by atoms with Gasteiger partial charge in [-0.25, -0.2) is 0 Å². The minimum absolute atomic E-state index is 0.368. The monoisotopic (exact) mass is 148 g/mol. The van der Waals surface area contributed by atoms with Gasteiger partial charge in [-0.2, -0.15) is 0 Å². The predicted molar refractivity (Wildman–Crippen MR) is 36.9 cm³/mol. The summed E-state index contributed by atoms with van der Waals surface area (Å²) in [7, 11) is 0.368. The van der Waals surface area contributed by atoms with Crippen LogP contribution >= 0.6 is 0 Å². The molecule has 1 atom stereocenters. The topological polar surface area (TPSA) is 46.5 Å². The SMILES string of the molecule is CCCC(O)C(=O)O[SiH3]. The molecular formula is C5H12O3Si. The van der Waals surface area contributed by atoms with Crippen LogP contribution in [0, 0.1) is 0 Å². The third kappa shape index (κ3) is 3.26. The van der Waals surface area contributed by atoms with Crippen molar-refractivity contribution in [3.63, 3.8) is 0 Å². The highest BCUT2D eigenvalue weighted by Gasteiger charge is 2.11. The summed E-state index contributed by atoms with van der Waals surface area (Å²) < 4.78 is 4.41. The number of carbonyl (C=O) groups excluding carboxylic acids is 1. The maximum Gasteiger partial charge on any atom is 0.320 e. The summed E-state index contributed by atoms with van der Waals surface area (Å²) in [5, 5.41) is 8.87. The van der Waals surface area contributed by atoms with Crippen molar-refractivity contribution in [2.24, 2.45) is 0 Å². The van der Waals surface area contributed by atoms with Crippen LogP contribution in [0.3, 0.4) is 0 Å². The van der Waals surface area contributed by atoms with Crippen molar-refractivity contribution in [3.05, 3.63) is 0 Å². The van der Waals surface area contributed by atoms with Crippen LogP contribution < -0.4 is 0 Å². The van der Waals surface area contributed by atoms with Crippen molar-refractivity contribution in [2.75, 3.05) is 0 Å². The molecule has 0 aliphatic rings. The van der Waals surface area contributed by atoms with E-state index < -0.39 is 12.1 Å². The Labute approximate surface area is 57.6 Å². The second kappa shape index (κ2) is 4.52. The molecule has 1 unspecified atom stereocenters. The Morgan fingerprint density at radius 1 is 1.89 bits per heavy atom. The number of aliphatic hydroxyl groups excluding tert-OH is 1. The fourth-order valence-electron chi connectivity index (χ4n) is 0.527. The van der Waals surface area contributed by atoms with Crippen molar-refractivity contribution < 1.29 is 14.3 Å². The molecule has 0 aromatic rings. The average molecular weight is 148 g/mol. The molecule has 0 aliphatic heterocycles. The van der Waals surface area contributed by atoms with Gasteiger partial charge in [0, 0.05) is 0 Å². The molecule has 0 aliphatic carbocycles. The molecule has 0 spiro atoms. The van der Waals surface area contributed by atoms with Crippen LogP contribution in [0.5, 0.6) is 0 Å². The molecule has 0 amide bonds. The van der Waals surface area contributed by atoms with Gasteiger partial charge >= 0.3 is 5.97 Å². The Balaban J connectivity index is 3.45. The highest BCUT2D eigenvalue weighted by Crippen LogP contribution is 1.96. The Morgan fingerprint density at radius 3 is 2.78 bits per heavy atom. The Bertz CT molecular complexity index is 94.2. The third-order valence-corrected chi connectivity index (χ3v) is 1.44. The van der Waals surface area contributed by atoms with E-state index >= 15 is 0 Å². The van der Waals surface area contributed by atoms with Gasteiger partial charge < -0.3 is 9.53 Å². The van der Waals surface area contributed by atoms with Gasteiger partial charge in [0.1, 0.15) is 6.10 Å². The molecule has 0 aromatic carbocycles. The van der Waals surface area contributed by atoms with Crippen molar-refractivity contribution >= 4 is 16.5 Å². The zero-order chi connectivity index (χ0) is 7.28. The van der Waals surface area contributed by atoms with Gasteiger partial charge in [-0.15, -0.1) is 0 Å². The lowest BCUT2D eigenvalue weighted by atomic mass is 10.2. The molecular weight excluding hydrogens is 136 g/mol. The zero-order valence-electron chi connectivity index (χ0n) is 5.76. The average Bonchev–Trinajstić information content (AvgIpc) is 1.87. The lowest BCUT2D eigenvalue weighted by Gasteiger charge is -2.05. The molecule has 0 aromatic heterocycles. The molecule has 0 saturated heterocycles. The molecule has 0 heterocycles. The van der Waals surface area contributed by atoms with Gasteiger partial charge in [-0.1, -0.05) is 13.3 Å². The largest absolute Gasteiger partial charge is 0.527 e. The number of aliphatic hydroxyl groups is 1. The predicted octanol–water partition coefficient (Wildman–Crippen LogP) is -1.03. The van der Waals surface area contributed by atoms with E-state index in [1.807, 2.05) is 6.92 Å². The highest BCUT2D eigenvalue weighted by molar-refractivity contribution is 6.06. The van der Waals surface area contributed by atoms with E-state index in [1.54, 1.807) is 0 Å². The summed E-state index contributed by atoms with van der Waals surface area (Å²) in [5.41, 5.74) is 0. The van der Waals surface area contributed by atoms with Crippen molar-refractivity contribution in [2.45, 2.75) is 25.9 Å². The minimum Gasteiger partial charge on any atom is -0.527 e. The van der Waals surface area contributed by atoms with Crippen LogP contribution in [0.4, 0.5) is 0 Å². The van der Waals surface area contributed by atoms with Crippen molar-refractivity contribution in [1.82, 2.24) is 0 Å². The van der Waals surface area contributed by atoms with Gasteiger partial charge in [0.25, 0.3) is 0 Å². The number of rotatable bonds is 3. The first kappa shape index (κ1) is 8.65. The van der Waals surface area contributed by atoms with E-state index in [4.69, 9.17) is 5.11 Å². The highest BCUT2D eigenvalue weighted by atomic mass is 28.2. The molecule has 3 nitrogen and oxygen atoms in total. The maximum absolute atomic E-state index is 10.5. The van der Waals surface area contributed by atoms with Gasteiger partial charge in [0.2, 0.25) is 10.5 Å². The summed E-state index contributed by atoms with van der Waals surface area (Å²) in [6.45, 7) is 1.91. The van der Waals surface area contributed by atoms with Crippen LogP contribution in [0.25, 0.3) is 0 Å². The summed E-state index contributed by atoms with van der Waals surface area (Å²) in [6.07, 6.45) is 0.409. The van der Waals surface area contributed by atoms with E-state index in [2.05, 4.69) is 4.43 Å². The van der Waals surface area contributed by atoms with Crippen LogP contribution in [0.2, 0.25) is 0 Å². The lowest BCUT2D eigenvalue weighted by molar-refractivity contribution is -0.143. The van der Waals surface area contributed by atoms with Gasteiger partial charge in [-0.3, -0.25) is 4.79 Å². The second-order valence-corrected chi connectivity index (χ2v) is 2.24. The Morgan fingerprint density at radius 2 is 2.44 bits per heavy atom. The molecule has 1 N–H and O–H groups in total. The van der Waals surface area contributed by atoms with Crippen LogP contribution in [-0.4, -0.2) is 27.7 Å². The smallest absolute Gasteiger partial charge is 0.320 e. The van der Waals surface area contributed by atoms with Crippen LogP contribution in [0.1, 0.15) is 19.8 Å². The molecule has 0 fully saturated rings. The third-order valence-electron chi connectivity index (χ3n) is 1.04. The van der Waals surface area contributed by atoms with E-state index in [9.17, 15) is 4.79 Å². The Kier molecular flexibility index (Phi) is 4.34. The molecule has 9 heavy (non-hydrogen) atoms. The molecule has 0 radical (unpaired) electrons. The van der Waals surface area contributed by atoms with Crippen molar-refractivity contribution in [3.8, 4) is 0 Å². The molecule has 0 bridgehead atoms. The number of hydrogen-bond acceptors (Lipinski definition) is 3. The standard InChI is InChI=1S/C5H12O3Si/c1-2-3-4(6)5(7)8-9/h4,6H,2-3H2,1,9H3. The van der Waals surface area contributed by atoms with Crippen molar-refractivity contribution in [1.29, 1.82) is 0 Å². The maximum atomic E-state index is 10.5. The van der Waals surface area contributed by atoms with Gasteiger partial charge in [0.05, 0.1) is 0 Å². The molecule has 0 saturated carbocycles. The number of carbonyl (C=O) groups is 1. The summed E-state index contributed by atoms with van der Waals surface area (Å²) in [4.78, 5) is 10.5. The second-order valence-electron chi connectivity index (χ2n) is 1.83. The summed E-state index contributed by atoms with van der Waals surface area (Å²) >= 11 is 0. The normalized spacial score (nSPS) is 13.1. The van der Waals surface area contributed by atoms with E-state index in [0.717, 1.165) is 6.42 Å². The molecule has 54 valence electrons. The lowest BCUT2D eigenvalue weighted by Crippen LogP contribution is -2.21. The first-order valence-electron chi connectivity index (χ1n) is 2.98. The minimum atomic E-state index is -0.896. The fourth-order valence-corrected chi connectivity index (χ4v) is 0.799. The van der Waals surface area contributed by atoms with Gasteiger partial charge in [0.15, 0.2) is 0 Å². The summed E-state index contributed by atoms with van der Waals surface area (Å²) in [5.74, 6) is -0.483. The first-order valence-corrected chi connectivity index (χ1v) is 3.80. The van der Waals surface area contributed by atoms with Crippen LogP contribution in [-0.2, 0) is 9.22 Å². The van der Waals surface area contributed by atoms with E-state index in [1.165, 1.54) is 0 Å². The zero-order valence-corrected chi connectivity index (χ0v) is 7.76. The quantitative estimate of drug-likeness (QED) is 0.521. The molecule has 0 rings (SSSR count). The first-order chi connectivity index (χ1) is 4.22. The fraction of sp³-hybridized carbons (Fsp3) is 0.800. The van der Waals surface area contributed by atoms with Gasteiger partial charge in [-0.05, 0) is 6.42 Å². The Hall–Kier alpha value is -0.353. The van der Waals surface area contributed by atoms with E-state index in [-0.39, 0.29) is 0 Å². The van der Waals surface area contributed by atoms with Crippen LogP contribution in [0.15, 0.2) is 0 Å². The number of hydrogen-bond donors (Lipinski definition) is 1. The van der Waals surface area contributed by atoms with E-state index in [0.29, 0.717) is 16.9 Å². The molecule has 4 heteroatoms.